The zero-order valence-electron chi connectivity index (χ0n) is 26.5. The van der Waals surface area contributed by atoms with Crippen molar-refractivity contribution in [3.05, 3.63) is 162 Å². The maximum atomic E-state index is 4.94. The van der Waals surface area contributed by atoms with E-state index in [0.29, 0.717) is 5.92 Å². The van der Waals surface area contributed by atoms with Gasteiger partial charge in [0.1, 0.15) is 0 Å². The summed E-state index contributed by atoms with van der Waals surface area (Å²) in [5.74, 6) is 0.327. The number of nitrogens with zero attached hydrogens (tertiary/aromatic N) is 2. The lowest BCUT2D eigenvalue weighted by molar-refractivity contribution is 0.819. The van der Waals surface area contributed by atoms with Gasteiger partial charge in [0.25, 0.3) is 0 Å². The van der Waals surface area contributed by atoms with Crippen molar-refractivity contribution in [1.29, 1.82) is 0 Å². The van der Waals surface area contributed by atoms with Gasteiger partial charge >= 0.3 is 0 Å². The van der Waals surface area contributed by atoms with Gasteiger partial charge in [0.05, 0.1) is 5.69 Å². The average Bonchev–Trinajstić information content (AvgIpc) is 3.10. The van der Waals surface area contributed by atoms with E-state index in [1.165, 1.54) is 65.7 Å². The smallest absolute Gasteiger partial charge is 0.0507 e. The Hall–Kier alpha value is -5.47. The molecule has 0 unspecified atom stereocenters. The molecule has 1 aliphatic rings. The molecular formula is C44H35N2-. The normalized spacial score (nSPS) is 13.0. The lowest BCUT2D eigenvalue weighted by atomic mass is 9.85. The fraction of sp³-hybridized carbons (Fsp3) is 0.114. The van der Waals surface area contributed by atoms with E-state index in [2.05, 4.69) is 154 Å². The fourth-order valence-corrected chi connectivity index (χ4v) is 7.05. The highest BCUT2D eigenvalue weighted by Gasteiger charge is 2.17. The van der Waals surface area contributed by atoms with E-state index < -0.39 is 0 Å². The third-order valence-electron chi connectivity index (χ3n) is 9.22. The number of fused-ring (bicyclic) bond motifs is 3. The van der Waals surface area contributed by atoms with Gasteiger partial charge in [0.15, 0.2) is 0 Å². The van der Waals surface area contributed by atoms with Crippen molar-refractivity contribution in [2.45, 2.75) is 26.7 Å². The predicted octanol–water partition coefficient (Wildman–Crippen LogP) is 12.3. The van der Waals surface area contributed by atoms with Crippen molar-refractivity contribution in [1.82, 2.24) is 4.98 Å². The van der Waals surface area contributed by atoms with Crippen molar-refractivity contribution >= 4 is 37.9 Å². The second kappa shape index (κ2) is 11.5. The number of hydrogen-bond acceptors (Lipinski definition) is 1. The standard InChI is InChI=1S/C44H35N2/c1-28(2)44-41(35-12-9-21-45-26-35)25-36(27-46-44)32-18-17-31-24-34(20-19-30(31)23-32)43-39-15-6-4-13-37(39)42(33-11-8-10-29(3)22-33)38-14-5-7-16-40(38)43/h4-20,22-28H,21H2,1-3H3/q-1. The number of pyridine rings is 1. The van der Waals surface area contributed by atoms with E-state index >= 15 is 0 Å². The van der Waals surface area contributed by atoms with E-state index in [9.17, 15) is 0 Å². The maximum Gasteiger partial charge on any atom is 0.0507 e. The molecule has 0 bridgehead atoms. The SMILES string of the molecule is Cc1cccc(-c2c3ccccc3c(-c3ccc4cc(-c5cnc(C(C)C)c(C6=C[N-]CC=C6)c5)ccc4c3)c3ccccc23)c1. The molecule has 7 aromatic rings. The Morgan fingerprint density at radius 2 is 1.22 bits per heavy atom. The molecule has 0 atom stereocenters. The molecule has 6 aromatic carbocycles. The van der Waals surface area contributed by atoms with Crippen LogP contribution in [-0.4, -0.2) is 11.5 Å². The third kappa shape index (κ3) is 4.87. The minimum absolute atomic E-state index is 0.327. The van der Waals surface area contributed by atoms with Crippen LogP contribution in [0.4, 0.5) is 0 Å². The minimum Gasteiger partial charge on any atom is -0.687 e. The molecule has 0 saturated carbocycles. The second-order valence-electron chi connectivity index (χ2n) is 12.7. The Balaban J connectivity index is 1.27. The van der Waals surface area contributed by atoms with E-state index in [-0.39, 0.29) is 0 Å². The summed E-state index contributed by atoms with van der Waals surface area (Å²) in [5.41, 5.74) is 12.0. The molecule has 0 N–H and O–H groups in total. The van der Waals surface area contributed by atoms with Gasteiger partial charge in [-0.3, -0.25) is 4.98 Å². The molecule has 0 fully saturated rings. The van der Waals surface area contributed by atoms with Crippen LogP contribution < -0.4 is 0 Å². The van der Waals surface area contributed by atoms with Gasteiger partial charge in [-0.05, 0) is 96.7 Å². The monoisotopic (exact) mass is 591 g/mol. The Labute approximate surface area is 270 Å². The molecule has 0 radical (unpaired) electrons. The van der Waals surface area contributed by atoms with Crippen LogP contribution in [0.5, 0.6) is 0 Å². The van der Waals surface area contributed by atoms with E-state index in [1.54, 1.807) is 0 Å². The molecule has 1 aromatic heterocycles. The second-order valence-corrected chi connectivity index (χ2v) is 12.7. The van der Waals surface area contributed by atoms with Crippen LogP contribution in [0.15, 0.2) is 140 Å². The first-order chi connectivity index (χ1) is 22.5. The number of aryl methyl sites for hydroxylation is 1. The van der Waals surface area contributed by atoms with Crippen LogP contribution in [0, 0.1) is 6.92 Å². The first kappa shape index (κ1) is 28.0. The van der Waals surface area contributed by atoms with E-state index in [1.807, 2.05) is 12.4 Å². The Morgan fingerprint density at radius 3 is 1.80 bits per heavy atom. The fourth-order valence-electron chi connectivity index (χ4n) is 7.05. The van der Waals surface area contributed by atoms with Gasteiger partial charge in [-0.15, -0.1) is 12.6 Å². The topological polar surface area (TPSA) is 27.0 Å². The quantitative estimate of drug-likeness (QED) is 0.183. The summed E-state index contributed by atoms with van der Waals surface area (Å²) in [7, 11) is 0. The highest BCUT2D eigenvalue weighted by Crippen LogP contribution is 2.44. The zero-order valence-corrected chi connectivity index (χ0v) is 26.5. The molecule has 0 saturated heterocycles. The van der Waals surface area contributed by atoms with Crippen LogP contribution in [0.25, 0.3) is 76.6 Å². The summed E-state index contributed by atoms with van der Waals surface area (Å²) in [5, 5.41) is 12.0. The highest BCUT2D eigenvalue weighted by molar-refractivity contribution is 6.21. The zero-order chi connectivity index (χ0) is 31.2. The summed E-state index contributed by atoms with van der Waals surface area (Å²) in [6, 6.07) is 42.6. The van der Waals surface area contributed by atoms with Gasteiger partial charge in [-0.1, -0.05) is 123 Å². The molecule has 0 aliphatic carbocycles. The summed E-state index contributed by atoms with van der Waals surface area (Å²) >= 11 is 0. The van der Waals surface area contributed by atoms with Crippen LogP contribution in [0.1, 0.15) is 36.6 Å². The van der Waals surface area contributed by atoms with Gasteiger partial charge < -0.3 is 5.32 Å². The first-order valence-electron chi connectivity index (χ1n) is 16.1. The van der Waals surface area contributed by atoms with Crippen molar-refractivity contribution in [3.63, 3.8) is 0 Å². The lowest BCUT2D eigenvalue weighted by Crippen LogP contribution is -2.01. The maximum absolute atomic E-state index is 4.94. The van der Waals surface area contributed by atoms with Gasteiger partial charge in [-0.25, -0.2) is 0 Å². The van der Waals surface area contributed by atoms with Gasteiger partial charge in [-0.2, -0.15) is 6.20 Å². The van der Waals surface area contributed by atoms with Crippen molar-refractivity contribution in [3.8, 4) is 33.4 Å². The van der Waals surface area contributed by atoms with Crippen LogP contribution in [0.2, 0.25) is 0 Å². The third-order valence-corrected chi connectivity index (χ3v) is 9.22. The molecule has 0 spiro atoms. The lowest BCUT2D eigenvalue weighted by Gasteiger charge is -2.22. The molecule has 2 heterocycles. The number of hydrogen-bond donors (Lipinski definition) is 0. The predicted molar refractivity (Wildman–Crippen MR) is 197 cm³/mol. The van der Waals surface area contributed by atoms with Crippen LogP contribution in [-0.2, 0) is 0 Å². The summed E-state index contributed by atoms with van der Waals surface area (Å²) in [6.45, 7) is 7.31. The largest absolute Gasteiger partial charge is 0.687 e. The number of allylic oxidation sites excluding steroid dienone is 2. The van der Waals surface area contributed by atoms with Crippen LogP contribution >= 0.6 is 0 Å². The molecule has 8 rings (SSSR count). The summed E-state index contributed by atoms with van der Waals surface area (Å²) in [6.07, 6.45) is 8.28. The van der Waals surface area contributed by atoms with Crippen molar-refractivity contribution < 1.29 is 0 Å². The Morgan fingerprint density at radius 1 is 0.609 bits per heavy atom. The first-order valence-corrected chi connectivity index (χ1v) is 16.1. The van der Waals surface area contributed by atoms with Crippen molar-refractivity contribution in [2.24, 2.45) is 0 Å². The number of rotatable bonds is 5. The van der Waals surface area contributed by atoms with Crippen molar-refractivity contribution in [2.75, 3.05) is 6.54 Å². The Bertz CT molecular complexity index is 2300. The highest BCUT2D eigenvalue weighted by atomic mass is 14.8. The molecule has 2 heteroatoms. The van der Waals surface area contributed by atoms with E-state index in [0.717, 1.165) is 28.9 Å². The average molecular weight is 592 g/mol. The molecular weight excluding hydrogens is 556 g/mol. The molecule has 222 valence electrons. The van der Waals surface area contributed by atoms with Gasteiger partial charge in [0.2, 0.25) is 0 Å². The molecule has 46 heavy (non-hydrogen) atoms. The number of benzene rings is 6. The number of aromatic nitrogens is 1. The van der Waals surface area contributed by atoms with E-state index in [4.69, 9.17) is 4.98 Å². The molecule has 0 amide bonds. The summed E-state index contributed by atoms with van der Waals surface area (Å²) < 4.78 is 0. The van der Waals surface area contributed by atoms with Crippen LogP contribution in [0.3, 0.4) is 0 Å². The van der Waals surface area contributed by atoms with Gasteiger partial charge in [0, 0.05) is 17.3 Å². The molecule has 2 nitrogen and oxygen atoms in total. The summed E-state index contributed by atoms with van der Waals surface area (Å²) in [4.78, 5) is 4.94. The minimum atomic E-state index is 0.327. The molecule has 1 aliphatic heterocycles. The Kier molecular flexibility index (Phi) is 6.99.